The Balaban J connectivity index is 1.88. The molecule has 2 aromatic carbocycles. The van der Waals surface area contributed by atoms with Gasteiger partial charge in [-0.05, 0) is 35.9 Å². The van der Waals surface area contributed by atoms with Crippen molar-refractivity contribution in [3.8, 4) is 5.69 Å². The monoisotopic (exact) mass is 297 g/mol. The smallest absolute Gasteiger partial charge is 0.138 e. The van der Waals surface area contributed by atoms with E-state index in [4.69, 9.17) is 4.98 Å². The Morgan fingerprint density at radius 3 is 2.30 bits per heavy atom. The van der Waals surface area contributed by atoms with Crippen molar-refractivity contribution in [3.05, 3.63) is 90.5 Å². The zero-order valence-corrected chi connectivity index (χ0v) is 12.5. The van der Waals surface area contributed by atoms with Crippen LogP contribution in [-0.2, 0) is 0 Å². The molecule has 2 aromatic heterocycles. The minimum absolute atomic E-state index is 0.904. The lowest BCUT2D eigenvalue weighted by atomic mass is 10.2. The Hall–Kier alpha value is -3.20. The Bertz CT molecular complexity index is 954. The zero-order valence-electron chi connectivity index (χ0n) is 12.5. The molecule has 0 radical (unpaired) electrons. The first-order valence-electron chi connectivity index (χ1n) is 7.53. The molecule has 0 saturated heterocycles. The molecule has 0 spiro atoms. The van der Waals surface area contributed by atoms with Gasteiger partial charge in [-0.15, -0.1) is 0 Å². The van der Waals surface area contributed by atoms with E-state index in [1.165, 1.54) is 0 Å². The fraction of sp³-hybridized carbons (Fsp3) is 0. The van der Waals surface area contributed by atoms with Crippen molar-refractivity contribution in [2.24, 2.45) is 0 Å². The van der Waals surface area contributed by atoms with Crippen molar-refractivity contribution in [2.45, 2.75) is 0 Å². The van der Waals surface area contributed by atoms with Crippen molar-refractivity contribution in [3.63, 3.8) is 0 Å². The van der Waals surface area contributed by atoms with Crippen LogP contribution >= 0.6 is 0 Å². The van der Waals surface area contributed by atoms with Crippen LogP contribution in [0.2, 0.25) is 0 Å². The number of hydrogen-bond donors (Lipinski definition) is 0. The maximum Gasteiger partial charge on any atom is 0.138 e. The van der Waals surface area contributed by atoms with Crippen LogP contribution in [0.25, 0.3) is 28.9 Å². The molecule has 0 aliphatic carbocycles. The van der Waals surface area contributed by atoms with E-state index in [9.17, 15) is 0 Å². The Morgan fingerprint density at radius 2 is 1.48 bits per heavy atom. The standard InChI is InChI=1S/C20H15N3/c1-2-6-16(7-3-1)10-11-20-22-18-8-4-5-9-19(18)23(20)17-12-14-21-15-13-17/h1-15H/b11-10+. The fourth-order valence-corrected chi connectivity index (χ4v) is 2.66. The highest BCUT2D eigenvalue weighted by molar-refractivity contribution is 5.82. The number of aromatic nitrogens is 3. The minimum atomic E-state index is 0.904. The number of imidazole rings is 1. The molecule has 0 fully saturated rings. The van der Waals surface area contributed by atoms with Gasteiger partial charge in [0.05, 0.1) is 16.7 Å². The summed E-state index contributed by atoms with van der Waals surface area (Å²) in [4.78, 5) is 8.87. The molecular formula is C20H15N3. The highest BCUT2D eigenvalue weighted by atomic mass is 15.1. The highest BCUT2D eigenvalue weighted by Crippen LogP contribution is 2.22. The van der Waals surface area contributed by atoms with Gasteiger partial charge in [-0.25, -0.2) is 4.98 Å². The zero-order chi connectivity index (χ0) is 15.5. The van der Waals surface area contributed by atoms with Gasteiger partial charge in [0.25, 0.3) is 0 Å². The summed E-state index contributed by atoms with van der Waals surface area (Å²) in [5.41, 5.74) is 4.28. The lowest BCUT2D eigenvalue weighted by Gasteiger charge is -2.06. The van der Waals surface area contributed by atoms with Crippen molar-refractivity contribution in [1.82, 2.24) is 14.5 Å². The summed E-state index contributed by atoms with van der Waals surface area (Å²) in [6, 6.07) is 22.4. The minimum Gasteiger partial charge on any atom is -0.293 e. The maximum atomic E-state index is 4.76. The second-order valence-corrected chi connectivity index (χ2v) is 5.24. The average Bonchev–Trinajstić information content (AvgIpc) is 3.00. The van der Waals surface area contributed by atoms with Gasteiger partial charge in [-0.3, -0.25) is 9.55 Å². The topological polar surface area (TPSA) is 30.7 Å². The van der Waals surface area contributed by atoms with E-state index < -0.39 is 0 Å². The molecule has 0 unspecified atom stereocenters. The number of rotatable bonds is 3. The molecule has 0 atom stereocenters. The largest absolute Gasteiger partial charge is 0.293 e. The molecule has 110 valence electrons. The van der Waals surface area contributed by atoms with Crippen LogP contribution in [0.4, 0.5) is 0 Å². The summed E-state index contributed by atoms with van der Waals surface area (Å²) in [7, 11) is 0. The van der Waals surface area contributed by atoms with Gasteiger partial charge >= 0.3 is 0 Å². The molecule has 4 aromatic rings. The Kier molecular flexibility index (Phi) is 3.45. The number of pyridine rings is 1. The third-order valence-corrected chi connectivity index (χ3v) is 3.73. The second-order valence-electron chi connectivity index (χ2n) is 5.24. The van der Waals surface area contributed by atoms with Crippen LogP contribution in [0.5, 0.6) is 0 Å². The molecule has 23 heavy (non-hydrogen) atoms. The molecule has 0 aliphatic heterocycles. The predicted molar refractivity (Wildman–Crippen MR) is 94.2 cm³/mol. The number of fused-ring (bicyclic) bond motifs is 1. The van der Waals surface area contributed by atoms with Crippen molar-refractivity contribution in [1.29, 1.82) is 0 Å². The van der Waals surface area contributed by atoms with E-state index in [1.807, 2.05) is 48.5 Å². The summed E-state index contributed by atoms with van der Waals surface area (Å²) >= 11 is 0. The molecule has 4 rings (SSSR count). The predicted octanol–water partition coefficient (Wildman–Crippen LogP) is 4.59. The molecule has 3 heteroatoms. The van der Waals surface area contributed by atoms with E-state index >= 15 is 0 Å². The molecule has 0 aliphatic rings. The third-order valence-electron chi connectivity index (χ3n) is 3.73. The first kappa shape index (κ1) is 13.5. The van der Waals surface area contributed by atoms with E-state index in [0.717, 1.165) is 28.1 Å². The molecule has 0 amide bonds. The van der Waals surface area contributed by atoms with Gasteiger partial charge in [0.1, 0.15) is 5.82 Å². The van der Waals surface area contributed by atoms with E-state index in [1.54, 1.807) is 12.4 Å². The van der Waals surface area contributed by atoms with Crippen LogP contribution in [0.15, 0.2) is 79.1 Å². The average molecular weight is 297 g/mol. The lowest BCUT2D eigenvalue weighted by Crippen LogP contribution is -1.96. The summed E-state index contributed by atoms with van der Waals surface area (Å²) in [5.74, 6) is 0.904. The van der Waals surface area contributed by atoms with E-state index in [-0.39, 0.29) is 0 Å². The molecule has 0 saturated carbocycles. The first-order chi connectivity index (χ1) is 11.4. The van der Waals surface area contributed by atoms with Crippen LogP contribution in [0.1, 0.15) is 11.4 Å². The van der Waals surface area contributed by atoms with Gasteiger partial charge in [0.15, 0.2) is 0 Å². The van der Waals surface area contributed by atoms with Gasteiger partial charge < -0.3 is 0 Å². The number of benzene rings is 2. The van der Waals surface area contributed by atoms with Gasteiger partial charge in [-0.1, -0.05) is 48.5 Å². The maximum absolute atomic E-state index is 4.76. The van der Waals surface area contributed by atoms with Crippen LogP contribution < -0.4 is 0 Å². The van der Waals surface area contributed by atoms with E-state index in [2.05, 4.69) is 39.9 Å². The summed E-state index contributed by atoms with van der Waals surface area (Å²) in [6.07, 6.45) is 7.73. The first-order valence-corrected chi connectivity index (χ1v) is 7.53. The highest BCUT2D eigenvalue weighted by Gasteiger charge is 2.09. The van der Waals surface area contributed by atoms with Gasteiger partial charge in [0.2, 0.25) is 0 Å². The Labute approximate surface area is 134 Å². The molecular weight excluding hydrogens is 282 g/mol. The van der Waals surface area contributed by atoms with Crippen LogP contribution in [-0.4, -0.2) is 14.5 Å². The summed E-state index contributed by atoms with van der Waals surface area (Å²) in [5, 5.41) is 0. The second kappa shape index (κ2) is 5.89. The lowest BCUT2D eigenvalue weighted by molar-refractivity contribution is 1.06. The fourth-order valence-electron chi connectivity index (χ4n) is 2.66. The van der Waals surface area contributed by atoms with E-state index in [0.29, 0.717) is 0 Å². The normalized spacial score (nSPS) is 11.3. The molecule has 0 bridgehead atoms. The number of para-hydroxylation sites is 2. The third kappa shape index (κ3) is 2.64. The molecule has 3 nitrogen and oxygen atoms in total. The molecule has 0 N–H and O–H groups in total. The van der Waals surface area contributed by atoms with Gasteiger partial charge in [0, 0.05) is 12.4 Å². The summed E-state index contributed by atoms with van der Waals surface area (Å²) in [6.45, 7) is 0. The van der Waals surface area contributed by atoms with Crippen LogP contribution in [0.3, 0.4) is 0 Å². The summed E-state index contributed by atoms with van der Waals surface area (Å²) < 4.78 is 2.15. The number of nitrogens with zero attached hydrogens (tertiary/aromatic N) is 3. The van der Waals surface area contributed by atoms with Crippen molar-refractivity contribution < 1.29 is 0 Å². The van der Waals surface area contributed by atoms with Crippen molar-refractivity contribution >= 4 is 23.2 Å². The van der Waals surface area contributed by atoms with Crippen LogP contribution in [0, 0.1) is 0 Å². The quantitative estimate of drug-likeness (QED) is 0.553. The molecule has 2 heterocycles. The SMILES string of the molecule is C(=C\c1nc2ccccc2n1-c1ccncc1)/c1ccccc1. The van der Waals surface area contributed by atoms with Crippen molar-refractivity contribution in [2.75, 3.05) is 0 Å². The number of hydrogen-bond acceptors (Lipinski definition) is 2. The van der Waals surface area contributed by atoms with Gasteiger partial charge in [-0.2, -0.15) is 0 Å². The Morgan fingerprint density at radius 1 is 0.739 bits per heavy atom.